The highest BCUT2D eigenvalue weighted by atomic mass is 32.2. The fraction of sp³-hybridized carbons (Fsp3) is 0.344. The topological polar surface area (TPSA) is 114 Å². The highest BCUT2D eigenvalue weighted by Crippen LogP contribution is 2.60. The Bertz CT molecular complexity index is 1830. The van der Waals surface area contributed by atoms with Crippen LogP contribution >= 0.6 is 0 Å². The molecule has 2 aromatic heterocycles. The second kappa shape index (κ2) is 10.9. The Kier molecular flexibility index (Phi) is 7.34. The first-order chi connectivity index (χ1) is 20.5. The van der Waals surface area contributed by atoms with Crippen molar-refractivity contribution in [2.75, 3.05) is 36.1 Å². The lowest BCUT2D eigenvalue weighted by Crippen LogP contribution is -2.47. The third-order valence-corrected chi connectivity index (χ3v) is 8.89. The van der Waals surface area contributed by atoms with Gasteiger partial charge in [0.15, 0.2) is 0 Å². The summed E-state index contributed by atoms with van der Waals surface area (Å²) >= 11 is 0. The molecule has 11 heteroatoms. The molecule has 1 spiro atoms. The number of ether oxygens (including phenoxy) is 1. The molecule has 2 aliphatic rings. The monoisotopic (exact) mass is 603 g/mol. The molecular formula is C32H34FN5O4S. The van der Waals surface area contributed by atoms with E-state index in [9.17, 15) is 13.2 Å². The number of pyridine rings is 2. The van der Waals surface area contributed by atoms with Gasteiger partial charge in [-0.25, -0.2) is 17.8 Å². The molecule has 6 rings (SSSR count). The van der Waals surface area contributed by atoms with Crippen LogP contribution in [-0.2, 0) is 20.2 Å². The number of carbonyl (C=O) groups is 1. The fourth-order valence-electron chi connectivity index (χ4n) is 6.32. The number of hydrogen-bond donors (Lipinski definition) is 2. The number of fused-ring (bicyclic) bond motifs is 4. The van der Waals surface area contributed by atoms with Gasteiger partial charge in [-0.15, -0.1) is 0 Å². The van der Waals surface area contributed by atoms with Crippen molar-refractivity contribution in [1.29, 1.82) is 0 Å². The lowest BCUT2D eigenvalue weighted by Gasteiger charge is -2.44. The molecule has 2 aromatic carbocycles. The predicted octanol–water partition coefficient (Wildman–Crippen LogP) is 4.98. The first-order valence-electron chi connectivity index (χ1n) is 14.3. The zero-order valence-corrected chi connectivity index (χ0v) is 25.3. The largest absolute Gasteiger partial charge is 0.475 e. The van der Waals surface area contributed by atoms with E-state index in [1.807, 2.05) is 32.0 Å². The number of hydrogen-bond acceptors (Lipinski definition) is 7. The lowest BCUT2D eigenvalue weighted by molar-refractivity contribution is -0.126. The molecule has 9 nitrogen and oxygen atoms in total. The highest BCUT2D eigenvalue weighted by molar-refractivity contribution is 7.92. The molecule has 0 unspecified atom stereocenters. The molecule has 0 atom stereocenters. The van der Waals surface area contributed by atoms with Crippen LogP contribution in [-0.4, -0.2) is 56.8 Å². The van der Waals surface area contributed by atoms with E-state index in [0.717, 1.165) is 17.5 Å². The minimum atomic E-state index is -3.68. The Balaban J connectivity index is 1.41. The number of likely N-dealkylation sites (N-methyl/N-ethyl adjacent to an activating group) is 1. The molecule has 3 heterocycles. The highest BCUT2D eigenvalue weighted by Gasteiger charge is 2.58. The van der Waals surface area contributed by atoms with Crippen LogP contribution in [0, 0.1) is 5.82 Å². The Morgan fingerprint density at radius 1 is 1.12 bits per heavy atom. The first-order valence-corrected chi connectivity index (χ1v) is 16.2. The van der Waals surface area contributed by atoms with Crippen molar-refractivity contribution in [3.8, 4) is 17.0 Å². The number of rotatable bonds is 9. The van der Waals surface area contributed by atoms with Gasteiger partial charge in [-0.05, 0) is 36.5 Å². The number of nitrogens with zero attached hydrogens (tertiary/aromatic N) is 3. The summed E-state index contributed by atoms with van der Waals surface area (Å²) in [6, 6.07) is 15.0. The van der Waals surface area contributed by atoms with Crippen LogP contribution in [0.2, 0.25) is 0 Å². The molecule has 1 saturated carbocycles. The second-order valence-corrected chi connectivity index (χ2v) is 13.5. The van der Waals surface area contributed by atoms with E-state index in [4.69, 9.17) is 4.74 Å². The van der Waals surface area contributed by atoms with Gasteiger partial charge < -0.3 is 15.0 Å². The standard InChI is InChI=1S/C32H34FN5O4S/c1-19(2)34-10-11-42-30-27(37-43(4,40)41)12-21(17-36-30)23-13-24-26(14-25(23)33)35-18-28-29(24)32(31(39)38(28)3)15-22(16-32)20-8-6-5-7-9-20/h5-9,12-14,17-19,22,34,37H,10-11,15-16H2,1-4H3. The van der Waals surface area contributed by atoms with Crippen molar-refractivity contribution in [2.24, 2.45) is 0 Å². The van der Waals surface area contributed by atoms with Crippen LogP contribution in [0.5, 0.6) is 5.88 Å². The predicted molar refractivity (Wildman–Crippen MR) is 166 cm³/mol. The van der Waals surface area contributed by atoms with Gasteiger partial charge in [0.25, 0.3) is 0 Å². The van der Waals surface area contributed by atoms with Gasteiger partial charge in [0.2, 0.25) is 21.8 Å². The zero-order valence-electron chi connectivity index (χ0n) is 24.5. The van der Waals surface area contributed by atoms with Crippen molar-refractivity contribution < 1.29 is 22.3 Å². The lowest BCUT2D eigenvalue weighted by atomic mass is 9.57. The molecule has 4 aromatic rings. The average Bonchev–Trinajstić information content (AvgIpc) is 3.16. The van der Waals surface area contributed by atoms with Gasteiger partial charge in [0, 0.05) is 54.0 Å². The summed E-state index contributed by atoms with van der Waals surface area (Å²) in [5.41, 5.74) is 3.19. The molecule has 1 fully saturated rings. The number of carbonyl (C=O) groups excluding carboxylic acids is 1. The Labute approximate surface area is 250 Å². The SMILES string of the molecule is CC(C)NCCOc1ncc(-c2cc3c4c(cnc3cc2F)N(C)C(=O)C42CC(c3ccccc3)C2)cc1NS(C)(=O)=O. The zero-order chi connectivity index (χ0) is 30.5. The van der Waals surface area contributed by atoms with E-state index < -0.39 is 21.3 Å². The Morgan fingerprint density at radius 2 is 1.86 bits per heavy atom. The van der Waals surface area contributed by atoms with E-state index in [0.29, 0.717) is 35.9 Å². The van der Waals surface area contributed by atoms with Crippen LogP contribution in [0.15, 0.2) is 60.9 Å². The average molecular weight is 604 g/mol. The summed E-state index contributed by atoms with van der Waals surface area (Å²) in [7, 11) is -1.92. The van der Waals surface area contributed by atoms with Crippen LogP contribution in [0.25, 0.3) is 22.0 Å². The Morgan fingerprint density at radius 3 is 2.56 bits per heavy atom. The number of benzene rings is 2. The Hall–Kier alpha value is -4.09. The number of halogens is 1. The van der Waals surface area contributed by atoms with Crippen molar-refractivity contribution >= 4 is 38.2 Å². The summed E-state index contributed by atoms with van der Waals surface area (Å²) in [4.78, 5) is 24.2. The van der Waals surface area contributed by atoms with Gasteiger partial charge in [-0.2, -0.15) is 0 Å². The normalized spacial score (nSPS) is 19.6. The van der Waals surface area contributed by atoms with Gasteiger partial charge in [0.1, 0.15) is 18.1 Å². The number of aromatic nitrogens is 2. The van der Waals surface area contributed by atoms with Crippen molar-refractivity contribution in [2.45, 2.75) is 44.1 Å². The van der Waals surface area contributed by atoms with Crippen LogP contribution < -0.4 is 19.7 Å². The molecule has 224 valence electrons. The third kappa shape index (κ3) is 5.31. The molecular weight excluding hydrogens is 569 g/mol. The molecule has 2 N–H and O–H groups in total. The minimum Gasteiger partial charge on any atom is -0.475 e. The molecule has 0 radical (unpaired) electrons. The maximum atomic E-state index is 15.7. The minimum absolute atomic E-state index is 0.0182. The summed E-state index contributed by atoms with van der Waals surface area (Å²) in [5.74, 6) is -0.185. The summed E-state index contributed by atoms with van der Waals surface area (Å²) in [6.45, 7) is 4.82. The van der Waals surface area contributed by atoms with Crippen molar-refractivity contribution in [3.05, 3.63) is 77.9 Å². The van der Waals surface area contributed by atoms with Crippen molar-refractivity contribution in [3.63, 3.8) is 0 Å². The molecule has 1 aliphatic heterocycles. The van der Waals surface area contributed by atoms with E-state index >= 15 is 4.39 Å². The van der Waals surface area contributed by atoms with Crippen molar-refractivity contribution in [1.82, 2.24) is 15.3 Å². The van der Waals surface area contributed by atoms with E-state index in [1.165, 1.54) is 23.9 Å². The number of anilines is 2. The van der Waals surface area contributed by atoms with Crippen LogP contribution in [0.1, 0.15) is 43.7 Å². The quantitative estimate of drug-likeness (QED) is 0.260. The third-order valence-electron chi connectivity index (χ3n) is 8.30. The molecule has 1 amide bonds. The molecule has 0 bridgehead atoms. The second-order valence-electron chi connectivity index (χ2n) is 11.7. The number of nitrogens with one attached hydrogen (secondary N) is 2. The molecule has 1 aliphatic carbocycles. The summed E-state index contributed by atoms with van der Waals surface area (Å²) in [6.07, 6.45) is 5.45. The van der Waals surface area contributed by atoms with E-state index in [2.05, 4.69) is 32.1 Å². The summed E-state index contributed by atoms with van der Waals surface area (Å²) < 4.78 is 48.2. The van der Waals surface area contributed by atoms with Crippen LogP contribution in [0.3, 0.4) is 0 Å². The summed E-state index contributed by atoms with van der Waals surface area (Å²) in [5, 5.41) is 3.92. The number of sulfonamides is 1. The smallest absolute Gasteiger partial charge is 0.238 e. The molecule has 0 saturated heterocycles. The van der Waals surface area contributed by atoms with Gasteiger partial charge in [-0.1, -0.05) is 44.2 Å². The maximum Gasteiger partial charge on any atom is 0.238 e. The van der Waals surface area contributed by atoms with Crippen LogP contribution in [0.4, 0.5) is 15.8 Å². The molecule has 43 heavy (non-hydrogen) atoms. The van der Waals surface area contributed by atoms with Gasteiger partial charge in [0.05, 0.1) is 29.1 Å². The van der Waals surface area contributed by atoms with E-state index in [1.54, 1.807) is 24.2 Å². The fourth-order valence-corrected chi connectivity index (χ4v) is 6.87. The maximum absolute atomic E-state index is 15.7. The number of amides is 1. The van der Waals surface area contributed by atoms with Gasteiger partial charge >= 0.3 is 0 Å². The first kappa shape index (κ1) is 29.0. The van der Waals surface area contributed by atoms with Gasteiger partial charge in [-0.3, -0.25) is 14.5 Å². The van der Waals surface area contributed by atoms with E-state index in [-0.39, 0.29) is 41.6 Å².